The van der Waals surface area contributed by atoms with Gasteiger partial charge < -0.3 is 25.2 Å². The Hall–Kier alpha value is -2.78. The number of benzene rings is 1. The molecule has 1 amide bonds. The third-order valence-corrected chi connectivity index (χ3v) is 8.10. The van der Waals surface area contributed by atoms with Crippen LogP contribution >= 0.6 is 22.9 Å². The summed E-state index contributed by atoms with van der Waals surface area (Å²) in [5, 5.41) is 16.0. The predicted octanol–water partition coefficient (Wildman–Crippen LogP) is 6.23. The minimum absolute atomic E-state index is 0.0766. The van der Waals surface area contributed by atoms with Crippen molar-refractivity contribution in [3.8, 4) is 16.2 Å². The average molecular weight is 565 g/mol. The molecule has 1 aliphatic rings. The molecule has 1 aromatic carbocycles. The summed E-state index contributed by atoms with van der Waals surface area (Å²) in [5.74, 6) is -2.46. The number of carbonyl (C=O) groups is 3. The molecule has 0 radical (unpaired) electrons. The van der Waals surface area contributed by atoms with Gasteiger partial charge in [-0.2, -0.15) is 0 Å². The summed E-state index contributed by atoms with van der Waals surface area (Å²) in [6.45, 7) is 12.1. The van der Waals surface area contributed by atoms with Crippen molar-refractivity contribution in [1.82, 2.24) is 5.32 Å². The number of carbonyl (C=O) groups excluding carboxylic acids is 2. The van der Waals surface area contributed by atoms with Crippen LogP contribution in [0.1, 0.15) is 70.5 Å². The van der Waals surface area contributed by atoms with Gasteiger partial charge in [-0.1, -0.05) is 51.4 Å². The molecule has 1 aromatic heterocycles. The zero-order valence-corrected chi connectivity index (χ0v) is 24.3. The summed E-state index contributed by atoms with van der Waals surface area (Å²) in [6, 6.07) is 7.15. The molecule has 2 aromatic rings. The second-order valence-corrected chi connectivity index (χ2v) is 12.8. The molecule has 38 heavy (non-hydrogen) atoms. The van der Waals surface area contributed by atoms with Crippen LogP contribution in [0.3, 0.4) is 0 Å². The first-order valence-corrected chi connectivity index (χ1v) is 13.9. The van der Waals surface area contributed by atoms with Gasteiger partial charge in [0.25, 0.3) is 5.91 Å². The number of esters is 1. The summed E-state index contributed by atoms with van der Waals surface area (Å²) in [7, 11) is 0. The van der Waals surface area contributed by atoms with Gasteiger partial charge in [-0.15, -0.1) is 11.3 Å². The molecule has 0 saturated heterocycles. The molecule has 208 valence electrons. The lowest BCUT2D eigenvalue weighted by Gasteiger charge is -2.45. The van der Waals surface area contributed by atoms with Crippen LogP contribution in [0.15, 0.2) is 24.3 Å². The largest absolute Gasteiger partial charge is 0.480 e. The van der Waals surface area contributed by atoms with E-state index < -0.39 is 30.5 Å². The molecule has 1 atom stereocenters. The monoisotopic (exact) mass is 564 g/mol. The molecule has 1 aliphatic carbocycles. The highest BCUT2D eigenvalue weighted by Crippen LogP contribution is 2.48. The summed E-state index contributed by atoms with van der Waals surface area (Å²) in [5.41, 5.74) is 2.14. The number of nitrogens with one attached hydrogen (secondary N) is 2. The van der Waals surface area contributed by atoms with Gasteiger partial charge in [-0.3, -0.25) is 4.79 Å². The van der Waals surface area contributed by atoms with E-state index in [1.165, 1.54) is 13.3 Å². The van der Waals surface area contributed by atoms with E-state index in [1.807, 2.05) is 24.3 Å². The number of aromatic carboxylic acids is 1. The van der Waals surface area contributed by atoms with Crippen molar-refractivity contribution in [2.45, 2.75) is 72.9 Å². The van der Waals surface area contributed by atoms with Crippen molar-refractivity contribution in [3.63, 3.8) is 0 Å². The topological polar surface area (TPSA) is 114 Å². The molecule has 8 nitrogen and oxygen atoms in total. The molecule has 0 aliphatic heterocycles. The molecule has 3 N–H and O–H groups in total. The van der Waals surface area contributed by atoms with E-state index in [4.69, 9.17) is 21.1 Å². The van der Waals surface area contributed by atoms with Crippen molar-refractivity contribution >= 4 is 46.5 Å². The van der Waals surface area contributed by atoms with Gasteiger partial charge in [0.05, 0.1) is 11.5 Å². The summed E-state index contributed by atoms with van der Waals surface area (Å²) in [4.78, 5) is 36.4. The Morgan fingerprint density at radius 1 is 1.18 bits per heavy atom. The van der Waals surface area contributed by atoms with Gasteiger partial charge in [0.15, 0.2) is 17.2 Å². The molecular formula is C28H37ClN2O6S. The van der Waals surface area contributed by atoms with Gasteiger partial charge in [0, 0.05) is 11.7 Å². The van der Waals surface area contributed by atoms with Gasteiger partial charge in [-0.25, -0.2) is 9.59 Å². The molecule has 3 rings (SSSR count). The van der Waals surface area contributed by atoms with Gasteiger partial charge >= 0.3 is 11.9 Å². The maximum atomic E-state index is 12.3. The fourth-order valence-corrected chi connectivity index (χ4v) is 6.93. The van der Waals surface area contributed by atoms with Crippen molar-refractivity contribution in [2.24, 2.45) is 10.8 Å². The van der Waals surface area contributed by atoms with E-state index in [-0.39, 0.29) is 33.1 Å². The Morgan fingerprint density at radius 3 is 2.45 bits per heavy atom. The van der Waals surface area contributed by atoms with Crippen LogP contribution in [-0.4, -0.2) is 48.2 Å². The SMILES string of the molecule is CCOC(=O)C(C)NC(=O)COc1c(C(=O)O)sc(-c2cccc(NC3CC(C)(C)CC(C)(C)C3)c2)c1Cl. The van der Waals surface area contributed by atoms with E-state index in [9.17, 15) is 19.5 Å². The number of rotatable bonds is 10. The summed E-state index contributed by atoms with van der Waals surface area (Å²) >= 11 is 7.59. The number of carboxylic acid groups (broad SMARTS) is 1. The number of ether oxygens (including phenoxy) is 2. The first kappa shape index (κ1) is 29.8. The minimum atomic E-state index is -1.21. The lowest BCUT2D eigenvalue weighted by molar-refractivity contribution is -0.147. The Morgan fingerprint density at radius 2 is 1.84 bits per heavy atom. The van der Waals surface area contributed by atoms with Crippen molar-refractivity contribution in [1.29, 1.82) is 0 Å². The van der Waals surface area contributed by atoms with E-state index in [2.05, 4.69) is 38.3 Å². The van der Waals surface area contributed by atoms with Crippen molar-refractivity contribution < 1.29 is 29.0 Å². The van der Waals surface area contributed by atoms with Crippen LogP contribution in [0.5, 0.6) is 5.75 Å². The van der Waals surface area contributed by atoms with Crippen LogP contribution in [0, 0.1) is 10.8 Å². The molecule has 1 heterocycles. The van der Waals surface area contributed by atoms with E-state index >= 15 is 0 Å². The summed E-state index contributed by atoms with van der Waals surface area (Å²) < 4.78 is 10.4. The third kappa shape index (κ3) is 7.63. The lowest BCUT2D eigenvalue weighted by atomic mass is 9.63. The number of thiophene rings is 1. The van der Waals surface area contributed by atoms with Gasteiger partial charge in [0.1, 0.15) is 11.1 Å². The fraction of sp³-hybridized carbons (Fsp3) is 0.536. The molecule has 0 spiro atoms. The zero-order valence-electron chi connectivity index (χ0n) is 22.8. The lowest BCUT2D eigenvalue weighted by Crippen LogP contribution is -2.41. The Bertz CT molecular complexity index is 1180. The van der Waals surface area contributed by atoms with E-state index in [1.54, 1.807) is 6.92 Å². The third-order valence-electron chi connectivity index (χ3n) is 6.42. The van der Waals surface area contributed by atoms with Crippen LogP contribution in [0.25, 0.3) is 10.4 Å². The molecule has 0 bridgehead atoms. The first-order chi connectivity index (χ1) is 17.7. The Balaban J connectivity index is 1.78. The molecule has 1 unspecified atom stereocenters. The average Bonchev–Trinajstić information content (AvgIpc) is 3.12. The number of carboxylic acids is 1. The predicted molar refractivity (Wildman–Crippen MR) is 150 cm³/mol. The minimum Gasteiger partial charge on any atom is -0.480 e. The number of anilines is 1. The van der Waals surface area contributed by atoms with Gasteiger partial charge in [-0.05, 0) is 61.6 Å². The van der Waals surface area contributed by atoms with Crippen LogP contribution in [0.4, 0.5) is 5.69 Å². The maximum absolute atomic E-state index is 12.3. The van der Waals surface area contributed by atoms with Crippen LogP contribution in [0.2, 0.25) is 5.02 Å². The second kappa shape index (κ2) is 11.9. The summed E-state index contributed by atoms with van der Waals surface area (Å²) in [6.07, 6.45) is 3.28. The highest BCUT2D eigenvalue weighted by atomic mass is 35.5. The van der Waals surface area contributed by atoms with Gasteiger partial charge in [0.2, 0.25) is 0 Å². The number of amides is 1. The van der Waals surface area contributed by atoms with E-state index in [0.29, 0.717) is 10.9 Å². The normalized spacial score (nSPS) is 17.3. The highest BCUT2D eigenvalue weighted by molar-refractivity contribution is 7.18. The quantitative estimate of drug-likeness (QED) is 0.293. The number of hydrogen-bond acceptors (Lipinski definition) is 7. The smallest absolute Gasteiger partial charge is 0.349 e. The zero-order chi connectivity index (χ0) is 28.3. The fourth-order valence-electron chi connectivity index (χ4n) is 5.53. The molecule has 1 fully saturated rings. The van der Waals surface area contributed by atoms with Crippen molar-refractivity contribution in [3.05, 3.63) is 34.2 Å². The molecular weight excluding hydrogens is 528 g/mol. The number of halogens is 1. The van der Waals surface area contributed by atoms with Crippen LogP contribution in [-0.2, 0) is 14.3 Å². The van der Waals surface area contributed by atoms with Crippen molar-refractivity contribution in [2.75, 3.05) is 18.5 Å². The first-order valence-electron chi connectivity index (χ1n) is 12.7. The highest BCUT2D eigenvalue weighted by Gasteiger charge is 2.38. The molecule has 10 heteroatoms. The molecule has 1 saturated carbocycles. The number of hydrogen-bond donors (Lipinski definition) is 3. The maximum Gasteiger partial charge on any atom is 0.349 e. The Labute approximate surface area is 233 Å². The van der Waals surface area contributed by atoms with Crippen LogP contribution < -0.4 is 15.4 Å². The standard InChI is InChI=1S/C28H37ClN2O6S/c1-7-36-26(35)16(2)30-20(32)14-37-22-21(29)23(38-24(22)25(33)34)17-9-8-10-18(11-17)31-19-12-27(3,4)15-28(5,6)13-19/h8-11,16,19,31H,7,12-15H2,1-6H3,(H,30,32)(H,33,34). The Kier molecular flexibility index (Phi) is 9.36. The van der Waals surface area contributed by atoms with E-state index in [0.717, 1.165) is 35.4 Å². The second-order valence-electron chi connectivity index (χ2n) is 11.4.